The molecule has 7 heteroatoms. The van der Waals surface area contributed by atoms with E-state index < -0.39 is 12.1 Å². The first-order valence-electron chi connectivity index (χ1n) is 5.09. The number of rotatable bonds is 4. The maximum Gasteiger partial charge on any atom is 0.450 e. The van der Waals surface area contributed by atoms with E-state index in [1.807, 2.05) is 0 Å². The predicted molar refractivity (Wildman–Crippen MR) is 63.2 cm³/mol. The van der Waals surface area contributed by atoms with Crippen molar-refractivity contribution in [2.45, 2.75) is 6.92 Å². The van der Waals surface area contributed by atoms with E-state index in [9.17, 15) is 9.59 Å². The molecule has 0 saturated heterocycles. The molecular formula is C11H12ClNO5. The summed E-state index contributed by atoms with van der Waals surface area (Å²) in [6.07, 6.45) is -0.857. The van der Waals surface area contributed by atoms with E-state index in [1.54, 1.807) is 24.3 Å². The second-order valence-electron chi connectivity index (χ2n) is 3.17. The van der Waals surface area contributed by atoms with E-state index in [0.29, 0.717) is 10.8 Å². The van der Waals surface area contributed by atoms with Crippen LogP contribution in [0.25, 0.3) is 0 Å². The van der Waals surface area contributed by atoms with Crippen LogP contribution in [0, 0.1) is 0 Å². The van der Waals surface area contributed by atoms with Crippen molar-refractivity contribution in [1.82, 2.24) is 5.32 Å². The first-order valence-corrected chi connectivity index (χ1v) is 5.47. The first-order chi connectivity index (χ1) is 8.58. The SMILES string of the molecule is CC(=O)OOC(=O)NCCOc1ccc(Cl)cc1. The Morgan fingerprint density at radius 3 is 2.50 bits per heavy atom. The van der Waals surface area contributed by atoms with E-state index >= 15 is 0 Å². The number of nitrogens with one attached hydrogen (secondary N) is 1. The van der Waals surface area contributed by atoms with Crippen molar-refractivity contribution in [3.8, 4) is 5.75 Å². The summed E-state index contributed by atoms with van der Waals surface area (Å²) < 4.78 is 5.30. The maximum atomic E-state index is 10.9. The molecule has 0 fully saturated rings. The summed E-state index contributed by atoms with van der Waals surface area (Å²) >= 11 is 5.70. The molecule has 0 radical (unpaired) electrons. The van der Waals surface area contributed by atoms with Crippen molar-refractivity contribution >= 4 is 23.7 Å². The minimum Gasteiger partial charge on any atom is -0.492 e. The average Bonchev–Trinajstić information content (AvgIpc) is 2.34. The number of carbonyl (C=O) groups excluding carboxylic acids is 2. The molecule has 0 spiro atoms. The van der Waals surface area contributed by atoms with Gasteiger partial charge in [-0.25, -0.2) is 19.4 Å². The van der Waals surface area contributed by atoms with Crippen LogP contribution in [0.5, 0.6) is 5.75 Å². The summed E-state index contributed by atoms with van der Waals surface area (Å²) in [5, 5.41) is 2.95. The molecule has 0 unspecified atom stereocenters. The summed E-state index contributed by atoms with van der Waals surface area (Å²) in [7, 11) is 0. The zero-order valence-corrected chi connectivity index (χ0v) is 10.4. The van der Waals surface area contributed by atoms with Crippen LogP contribution in [0.4, 0.5) is 4.79 Å². The van der Waals surface area contributed by atoms with Gasteiger partial charge in [-0.15, -0.1) is 0 Å². The quantitative estimate of drug-likeness (QED) is 0.515. The summed E-state index contributed by atoms with van der Waals surface area (Å²) in [4.78, 5) is 29.4. The standard InChI is InChI=1S/C11H12ClNO5/c1-8(14)17-18-11(15)13-6-7-16-10-4-2-9(12)3-5-10/h2-5H,6-7H2,1H3,(H,13,15). The number of hydrogen-bond acceptors (Lipinski definition) is 5. The van der Waals surface area contributed by atoms with E-state index in [4.69, 9.17) is 16.3 Å². The molecule has 1 N–H and O–H groups in total. The van der Waals surface area contributed by atoms with Gasteiger partial charge in [0.1, 0.15) is 12.4 Å². The minimum absolute atomic E-state index is 0.211. The van der Waals surface area contributed by atoms with Gasteiger partial charge in [-0.3, -0.25) is 0 Å². The van der Waals surface area contributed by atoms with Crippen molar-refractivity contribution in [2.24, 2.45) is 0 Å². The van der Waals surface area contributed by atoms with Crippen molar-refractivity contribution in [1.29, 1.82) is 0 Å². The number of halogens is 1. The number of hydrogen-bond donors (Lipinski definition) is 1. The Hall–Kier alpha value is -1.95. The molecule has 0 aromatic heterocycles. The molecule has 0 aliphatic rings. The van der Waals surface area contributed by atoms with Crippen LogP contribution in [0.15, 0.2) is 24.3 Å². The molecule has 6 nitrogen and oxygen atoms in total. The summed E-state index contributed by atoms with van der Waals surface area (Å²) in [6.45, 7) is 1.58. The normalized spacial score (nSPS) is 9.44. The van der Waals surface area contributed by atoms with Gasteiger partial charge in [-0.05, 0) is 24.3 Å². The lowest BCUT2D eigenvalue weighted by Crippen LogP contribution is -2.29. The largest absolute Gasteiger partial charge is 0.492 e. The van der Waals surface area contributed by atoms with Gasteiger partial charge in [0.2, 0.25) is 0 Å². The lowest BCUT2D eigenvalue weighted by atomic mass is 10.3. The smallest absolute Gasteiger partial charge is 0.450 e. The van der Waals surface area contributed by atoms with E-state index in [0.717, 1.165) is 6.92 Å². The van der Waals surface area contributed by atoms with Crippen LogP contribution < -0.4 is 10.1 Å². The number of ether oxygens (including phenoxy) is 1. The lowest BCUT2D eigenvalue weighted by molar-refractivity contribution is -0.229. The van der Waals surface area contributed by atoms with Crippen LogP contribution in [0.3, 0.4) is 0 Å². The van der Waals surface area contributed by atoms with Crippen molar-refractivity contribution < 1.29 is 24.1 Å². The molecule has 0 bridgehead atoms. The Balaban J connectivity index is 2.13. The van der Waals surface area contributed by atoms with Crippen LogP contribution in [0.2, 0.25) is 5.02 Å². The van der Waals surface area contributed by atoms with Crippen LogP contribution in [-0.2, 0) is 14.6 Å². The third kappa shape index (κ3) is 5.95. The number of amides is 1. The van der Waals surface area contributed by atoms with Gasteiger partial charge in [0.25, 0.3) is 0 Å². The van der Waals surface area contributed by atoms with Gasteiger partial charge in [0.05, 0.1) is 6.54 Å². The fraction of sp³-hybridized carbons (Fsp3) is 0.273. The molecule has 98 valence electrons. The molecule has 0 aliphatic heterocycles. The van der Waals surface area contributed by atoms with Crippen molar-refractivity contribution in [2.75, 3.05) is 13.2 Å². The molecule has 0 saturated carbocycles. The van der Waals surface area contributed by atoms with Crippen LogP contribution >= 0.6 is 11.6 Å². The highest BCUT2D eigenvalue weighted by molar-refractivity contribution is 6.30. The number of benzene rings is 1. The molecule has 1 aromatic rings. The first kappa shape index (κ1) is 14.1. The van der Waals surface area contributed by atoms with Crippen molar-refractivity contribution in [3.63, 3.8) is 0 Å². The highest BCUT2D eigenvalue weighted by atomic mass is 35.5. The molecule has 1 aromatic carbocycles. The molecule has 1 rings (SSSR count). The zero-order chi connectivity index (χ0) is 13.4. The summed E-state index contributed by atoms with van der Waals surface area (Å²) in [6, 6.07) is 6.80. The maximum absolute atomic E-state index is 10.9. The zero-order valence-electron chi connectivity index (χ0n) is 9.64. The van der Waals surface area contributed by atoms with Crippen LogP contribution in [-0.4, -0.2) is 25.2 Å². The Morgan fingerprint density at radius 2 is 1.89 bits per heavy atom. The Morgan fingerprint density at radius 1 is 1.22 bits per heavy atom. The van der Waals surface area contributed by atoms with Gasteiger partial charge < -0.3 is 10.1 Å². The Labute approximate surface area is 109 Å². The average molecular weight is 274 g/mol. The predicted octanol–water partition coefficient (Wildman–Crippen LogP) is 1.92. The highest BCUT2D eigenvalue weighted by Gasteiger charge is 2.04. The second-order valence-corrected chi connectivity index (χ2v) is 3.61. The lowest BCUT2D eigenvalue weighted by Gasteiger charge is -2.07. The topological polar surface area (TPSA) is 73.9 Å². The van der Waals surface area contributed by atoms with E-state index in [2.05, 4.69) is 15.1 Å². The summed E-state index contributed by atoms with van der Waals surface area (Å²) in [5.41, 5.74) is 0. The van der Waals surface area contributed by atoms with Gasteiger partial charge >= 0.3 is 12.1 Å². The highest BCUT2D eigenvalue weighted by Crippen LogP contribution is 2.14. The summed E-state index contributed by atoms with van der Waals surface area (Å²) in [5.74, 6) is -0.0721. The minimum atomic E-state index is -0.857. The van der Waals surface area contributed by atoms with Crippen LogP contribution in [0.1, 0.15) is 6.92 Å². The molecule has 0 aliphatic carbocycles. The Kier molecular flexibility index (Phi) is 5.79. The molecule has 0 atom stereocenters. The van der Waals surface area contributed by atoms with E-state index in [-0.39, 0.29) is 13.2 Å². The fourth-order valence-corrected chi connectivity index (χ4v) is 1.10. The molecular weight excluding hydrogens is 262 g/mol. The third-order valence-corrected chi connectivity index (χ3v) is 1.94. The van der Waals surface area contributed by atoms with E-state index in [1.165, 1.54) is 0 Å². The van der Waals surface area contributed by atoms with Gasteiger partial charge in [0, 0.05) is 11.9 Å². The molecule has 1 amide bonds. The molecule has 18 heavy (non-hydrogen) atoms. The molecule has 0 heterocycles. The number of carbonyl (C=O) groups is 2. The Bertz CT molecular complexity index is 406. The van der Waals surface area contributed by atoms with Gasteiger partial charge in [0.15, 0.2) is 0 Å². The second kappa shape index (κ2) is 7.39. The fourth-order valence-electron chi connectivity index (χ4n) is 0.979. The van der Waals surface area contributed by atoms with Crippen molar-refractivity contribution in [3.05, 3.63) is 29.3 Å². The monoisotopic (exact) mass is 273 g/mol. The van der Waals surface area contributed by atoms with Gasteiger partial charge in [-0.1, -0.05) is 11.6 Å². The van der Waals surface area contributed by atoms with Gasteiger partial charge in [-0.2, -0.15) is 0 Å². The third-order valence-electron chi connectivity index (χ3n) is 1.69.